The molecule has 4 aromatic heterocycles. The molecule has 0 unspecified atom stereocenters. The van der Waals surface area contributed by atoms with E-state index < -0.39 is 95.9 Å². The number of benzene rings is 9. The van der Waals surface area contributed by atoms with E-state index in [0.717, 1.165) is 37.6 Å². The predicted molar refractivity (Wildman–Crippen MR) is 256 cm³/mol. The highest BCUT2D eigenvalue weighted by Gasteiger charge is 2.20. The first-order chi connectivity index (χ1) is 37.0. The van der Waals surface area contributed by atoms with Crippen molar-refractivity contribution in [1.82, 2.24) is 19.5 Å². The maximum Gasteiger partial charge on any atom is 0.164 e. The molecule has 0 spiro atoms. The molecule has 13 aromatic rings. The van der Waals surface area contributed by atoms with Gasteiger partial charge in [-0.05, 0) is 70.7 Å². The summed E-state index contributed by atoms with van der Waals surface area (Å²) in [5.74, 6) is 0.117. The number of para-hydroxylation sites is 3. The number of aromatic nitrogens is 4. The zero-order valence-corrected chi connectivity index (χ0v) is 32.7. The minimum Gasteiger partial charge on any atom is -0.456 e. The van der Waals surface area contributed by atoms with E-state index >= 15 is 0 Å². The van der Waals surface area contributed by atoms with Crippen molar-refractivity contribution in [2.45, 2.75) is 0 Å². The van der Waals surface area contributed by atoms with Crippen molar-refractivity contribution < 1.29 is 28.0 Å². The lowest BCUT2D eigenvalue weighted by Gasteiger charge is -2.09. The second kappa shape index (κ2) is 14.0. The molecule has 9 aromatic carbocycles. The predicted octanol–water partition coefficient (Wildman–Crippen LogP) is 15.1. The molecule has 0 amide bonds. The van der Waals surface area contributed by atoms with Crippen LogP contribution in [0.2, 0.25) is 0 Å². The number of furan rings is 2. The molecule has 0 saturated heterocycles. The van der Waals surface area contributed by atoms with Gasteiger partial charge in [0.2, 0.25) is 0 Å². The van der Waals surface area contributed by atoms with E-state index in [9.17, 15) is 6.85 Å². The Morgan fingerprint density at radius 3 is 1.76 bits per heavy atom. The van der Waals surface area contributed by atoms with Crippen LogP contribution in [0.1, 0.15) is 19.2 Å². The van der Waals surface area contributed by atoms with Crippen molar-refractivity contribution in [2.75, 3.05) is 0 Å². The maximum absolute atomic E-state index is 9.75. The molecule has 0 aliphatic rings. The van der Waals surface area contributed by atoms with Crippen LogP contribution in [0, 0.1) is 0 Å². The molecule has 63 heavy (non-hydrogen) atoms. The summed E-state index contributed by atoms with van der Waals surface area (Å²) in [4.78, 5) is 14.5. The molecule has 13 rings (SSSR count). The molecule has 294 valence electrons. The molecule has 0 atom stereocenters. The topological polar surface area (TPSA) is 69.9 Å². The third-order valence-electron chi connectivity index (χ3n) is 11.2. The molecular formula is C57H34N4O2. The number of hydrogen-bond donors (Lipinski definition) is 0. The SMILES string of the molecule is [2H]c1c([2H])c([2H])c2c(oc3c([2H])c(-c4nc(-c5ccccc5)nc(-c5ccc6c(c5)oc5cccc(-c7ccc(-c8ccccc8)cc7)c56)n4)c([2H])c([2H])c32)c1-n1c2c([2H])c([2H])c([2H])c([2H])c2c2c([2H])c([2H])c([2H])c([2H])c21. The first-order valence-corrected chi connectivity index (χ1v) is 20.0. The lowest BCUT2D eigenvalue weighted by molar-refractivity contribution is 0.666. The van der Waals surface area contributed by atoms with Crippen LogP contribution in [0.15, 0.2) is 215 Å². The molecular weight excluding hydrogens is 773 g/mol. The normalized spacial score (nSPS) is 14.9. The first kappa shape index (κ1) is 24.0. The minimum atomic E-state index is -0.738. The fourth-order valence-corrected chi connectivity index (χ4v) is 8.33. The number of fused-ring (bicyclic) bond motifs is 9. The zero-order valence-electron chi connectivity index (χ0n) is 46.7. The van der Waals surface area contributed by atoms with E-state index in [1.807, 2.05) is 54.6 Å². The molecule has 0 bridgehead atoms. The van der Waals surface area contributed by atoms with Crippen molar-refractivity contribution in [2.24, 2.45) is 0 Å². The van der Waals surface area contributed by atoms with Gasteiger partial charge in [-0.3, -0.25) is 0 Å². The monoisotopic (exact) mass is 820 g/mol. The molecule has 0 fully saturated rings. The summed E-state index contributed by atoms with van der Waals surface area (Å²) in [5.41, 5.74) is 4.16. The van der Waals surface area contributed by atoms with Crippen LogP contribution in [-0.4, -0.2) is 19.5 Å². The molecule has 0 aliphatic heterocycles. The smallest absolute Gasteiger partial charge is 0.164 e. The quantitative estimate of drug-likeness (QED) is 0.167. The Kier molecular flexibility index (Phi) is 5.32. The largest absolute Gasteiger partial charge is 0.456 e. The number of nitrogens with zero attached hydrogens (tertiary/aromatic N) is 4. The first-order valence-electron chi connectivity index (χ1n) is 27.0. The fourth-order valence-electron chi connectivity index (χ4n) is 8.33. The average Bonchev–Trinajstić information content (AvgIpc) is 4.30. The average molecular weight is 821 g/mol. The summed E-state index contributed by atoms with van der Waals surface area (Å²) in [7, 11) is 0. The van der Waals surface area contributed by atoms with Gasteiger partial charge in [-0.2, -0.15) is 0 Å². The standard InChI is InChI=1S/C57H34N4O2/c1-3-13-35(14-4-1)36-25-27-37(28-26-36)41-19-12-24-50-53(41)46-32-30-40(34-52(46)62-50)57-59-55(38-15-5-2-6-16-38)58-56(60-57)39-29-31-44-45-20-11-23-49(54(45)63-51(44)33-39)61-47-21-9-7-17-42(47)43-18-8-10-22-48(43)61/h1-34H/i7D,8D,9D,10D,11D,17D,18D,20D,21D,22D,23D,29D,31D,33D. The third kappa shape index (κ3) is 5.69. The summed E-state index contributed by atoms with van der Waals surface area (Å²) < 4.78 is 141. The van der Waals surface area contributed by atoms with Gasteiger partial charge in [0.1, 0.15) is 16.7 Å². The second-order valence-corrected chi connectivity index (χ2v) is 14.9. The van der Waals surface area contributed by atoms with Gasteiger partial charge < -0.3 is 13.4 Å². The molecule has 0 aliphatic carbocycles. The van der Waals surface area contributed by atoms with E-state index in [2.05, 4.69) is 36.4 Å². The van der Waals surface area contributed by atoms with Gasteiger partial charge in [-0.15, -0.1) is 0 Å². The molecule has 6 nitrogen and oxygen atoms in total. The molecule has 0 N–H and O–H groups in total. The lowest BCUT2D eigenvalue weighted by atomic mass is 9.96. The van der Waals surface area contributed by atoms with Crippen LogP contribution in [0.5, 0.6) is 0 Å². The molecule has 0 radical (unpaired) electrons. The highest BCUT2D eigenvalue weighted by molar-refractivity contribution is 6.14. The van der Waals surface area contributed by atoms with Gasteiger partial charge in [0.05, 0.1) is 35.9 Å². The van der Waals surface area contributed by atoms with Gasteiger partial charge >= 0.3 is 0 Å². The summed E-state index contributed by atoms with van der Waals surface area (Å²) in [6.07, 6.45) is 0. The second-order valence-electron chi connectivity index (χ2n) is 14.9. The summed E-state index contributed by atoms with van der Waals surface area (Å²) in [5, 5.41) is 0.595. The Morgan fingerprint density at radius 1 is 0.397 bits per heavy atom. The fraction of sp³-hybridized carbons (Fsp3) is 0. The van der Waals surface area contributed by atoms with Gasteiger partial charge in [0.25, 0.3) is 0 Å². The Balaban J connectivity index is 1.03. The Bertz CT molecular complexity index is 4660. The van der Waals surface area contributed by atoms with Crippen molar-refractivity contribution >= 4 is 65.7 Å². The maximum atomic E-state index is 9.75. The van der Waals surface area contributed by atoms with Crippen molar-refractivity contribution in [1.29, 1.82) is 0 Å². The van der Waals surface area contributed by atoms with Crippen LogP contribution in [-0.2, 0) is 0 Å². The summed E-state index contributed by atoms with van der Waals surface area (Å²) >= 11 is 0. The Morgan fingerprint density at radius 2 is 1.02 bits per heavy atom. The van der Waals surface area contributed by atoms with Crippen molar-refractivity contribution in [3.05, 3.63) is 206 Å². The number of hydrogen-bond acceptors (Lipinski definition) is 5. The minimum absolute atomic E-state index is 0.136. The van der Waals surface area contributed by atoms with E-state index in [1.165, 1.54) is 0 Å². The van der Waals surface area contributed by atoms with Crippen molar-refractivity contribution in [3.63, 3.8) is 0 Å². The summed E-state index contributed by atoms with van der Waals surface area (Å²) in [6, 6.07) is 29.8. The lowest BCUT2D eigenvalue weighted by Crippen LogP contribution is -2.00. The van der Waals surface area contributed by atoms with Gasteiger partial charge in [0, 0.05) is 49.0 Å². The highest BCUT2D eigenvalue weighted by Crippen LogP contribution is 2.41. The van der Waals surface area contributed by atoms with Crippen LogP contribution >= 0.6 is 0 Å². The van der Waals surface area contributed by atoms with Crippen LogP contribution in [0.25, 0.3) is 128 Å². The van der Waals surface area contributed by atoms with Gasteiger partial charge in [0.15, 0.2) is 23.1 Å². The van der Waals surface area contributed by atoms with Crippen LogP contribution in [0.4, 0.5) is 0 Å². The number of rotatable bonds is 6. The highest BCUT2D eigenvalue weighted by atomic mass is 16.3. The molecule has 0 saturated carbocycles. The molecule has 4 heterocycles. The van der Waals surface area contributed by atoms with Gasteiger partial charge in [-0.25, -0.2) is 15.0 Å². The molecule has 6 heteroatoms. The third-order valence-corrected chi connectivity index (χ3v) is 11.2. The summed E-state index contributed by atoms with van der Waals surface area (Å²) in [6.45, 7) is 0. The zero-order chi connectivity index (χ0) is 53.6. The van der Waals surface area contributed by atoms with Crippen molar-refractivity contribution in [3.8, 4) is 62.1 Å². The van der Waals surface area contributed by atoms with Crippen LogP contribution in [0.3, 0.4) is 0 Å². The van der Waals surface area contributed by atoms with Crippen LogP contribution < -0.4 is 0 Å². The van der Waals surface area contributed by atoms with E-state index in [4.69, 9.17) is 36.1 Å². The van der Waals surface area contributed by atoms with E-state index in [-0.39, 0.29) is 61.2 Å². The van der Waals surface area contributed by atoms with E-state index in [0.29, 0.717) is 22.3 Å². The Hall–Kier alpha value is -8.61. The van der Waals surface area contributed by atoms with Gasteiger partial charge in [-0.1, -0.05) is 158 Å². The van der Waals surface area contributed by atoms with E-state index in [1.54, 1.807) is 30.3 Å². The Labute approximate surface area is 380 Å².